The SMILES string of the molecule is C#CCn1c(C)c(C)c2cc(C#N)nc(OCc3ccc(F)cc3)c21. The Morgan fingerprint density at radius 2 is 2.00 bits per heavy atom. The summed E-state index contributed by atoms with van der Waals surface area (Å²) in [5, 5.41) is 10.2. The number of pyridine rings is 1. The molecule has 0 aliphatic rings. The molecule has 1 aromatic carbocycles. The summed E-state index contributed by atoms with van der Waals surface area (Å²) in [5.41, 5.74) is 3.91. The number of ether oxygens (including phenoxy) is 1. The first-order chi connectivity index (χ1) is 12.0. The molecule has 0 aliphatic carbocycles. The molecule has 3 rings (SSSR count). The van der Waals surface area contributed by atoms with Crippen LogP contribution in [0.25, 0.3) is 10.9 Å². The number of hydrogen-bond donors (Lipinski definition) is 0. The molecule has 0 radical (unpaired) electrons. The molecule has 0 aliphatic heterocycles. The molecule has 5 heteroatoms. The van der Waals surface area contributed by atoms with Crippen LogP contribution in [0.4, 0.5) is 4.39 Å². The summed E-state index contributed by atoms with van der Waals surface area (Å²) >= 11 is 0. The average Bonchev–Trinajstić information content (AvgIpc) is 2.86. The molecular formula is C20H16FN3O. The van der Waals surface area contributed by atoms with E-state index in [9.17, 15) is 9.65 Å². The van der Waals surface area contributed by atoms with Crippen molar-refractivity contribution in [1.82, 2.24) is 9.55 Å². The van der Waals surface area contributed by atoms with Crippen LogP contribution in [-0.2, 0) is 13.2 Å². The highest BCUT2D eigenvalue weighted by atomic mass is 19.1. The van der Waals surface area contributed by atoms with Gasteiger partial charge in [-0.25, -0.2) is 9.37 Å². The summed E-state index contributed by atoms with van der Waals surface area (Å²) in [6, 6.07) is 9.86. The first-order valence-corrected chi connectivity index (χ1v) is 7.76. The van der Waals surface area contributed by atoms with Gasteiger partial charge >= 0.3 is 0 Å². The molecule has 4 nitrogen and oxygen atoms in total. The molecule has 2 aromatic heterocycles. The number of halogens is 1. The van der Waals surface area contributed by atoms with Crippen molar-refractivity contribution in [2.45, 2.75) is 27.0 Å². The zero-order valence-electron chi connectivity index (χ0n) is 14.0. The van der Waals surface area contributed by atoms with Crippen molar-refractivity contribution >= 4 is 10.9 Å². The van der Waals surface area contributed by atoms with E-state index in [1.165, 1.54) is 12.1 Å². The van der Waals surface area contributed by atoms with Gasteiger partial charge in [-0.05, 0) is 43.2 Å². The Morgan fingerprint density at radius 1 is 1.28 bits per heavy atom. The fraction of sp³-hybridized carbons (Fsp3) is 0.200. The molecule has 0 atom stereocenters. The number of aryl methyl sites for hydroxylation is 1. The van der Waals surface area contributed by atoms with Crippen LogP contribution in [0, 0.1) is 43.3 Å². The molecule has 0 fully saturated rings. The van der Waals surface area contributed by atoms with E-state index in [0.717, 1.165) is 27.7 Å². The van der Waals surface area contributed by atoms with Crippen LogP contribution in [-0.4, -0.2) is 9.55 Å². The lowest BCUT2D eigenvalue weighted by Gasteiger charge is -2.10. The monoisotopic (exact) mass is 333 g/mol. The fourth-order valence-electron chi connectivity index (χ4n) is 2.81. The Hall–Kier alpha value is -3.31. The molecule has 0 saturated carbocycles. The van der Waals surface area contributed by atoms with Gasteiger partial charge < -0.3 is 9.30 Å². The standard InChI is InChI=1S/C20H16FN3O/c1-4-9-24-14(3)13(2)18-10-17(11-22)23-20(19(18)24)25-12-15-5-7-16(21)8-6-15/h1,5-8,10H,9,12H2,2-3H3. The van der Waals surface area contributed by atoms with Crippen LogP contribution in [0.5, 0.6) is 5.88 Å². The summed E-state index contributed by atoms with van der Waals surface area (Å²) in [4.78, 5) is 4.30. The van der Waals surface area contributed by atoms with Gasteiger partial charge in [0.2, 0.25) is 5.88 Å². The average molecular weight is 333 g/mol. The molecule has 0 N–H and O–H groups in total. The minimum atomic E-state index is -0.301. The number of aromatic nitrogens is 2. The van der Waals surface area contributed by atoms with Crippen molar-refractivity contribution in [3.8, 4) is 24.3 Å². The van der Waals surface area contributed by atoms with Gasteiger partial charge in [0.25, 0.3) is 0 Å². The second kappa shape index (κ2) is 6.67. The lowest BCUT2D eigenvalue weighted by atomic mass is 10.1. The van der Waals surface area contributed by atoms with Gasteiger partial charge in [-0.2, -0.15) is 5.26 Å². The Morgan fingerprint density at radius 3 is 2.64 bits per heavy atom. The molecule has 124 valence electrons. The number of terminal acetylenes is 1. The van der Waals surface area contributed by atoms with Gasteiger partial charge in [-0.3, -0.25) is 0 Å². The third-order valence-corrected chi connectivity index (χ3v) is 4.24. The second-order valence-corrected chi connectivity index (χ2v) is 5.74. The highest BCUT2D eigenvalue weighted by Crippen LogP contribution is 2.32. The molecule has 0 unspecified atom stereocenters. The summed E-state index contributed by atoms with van der Waals surface area (Å²) in [7, 11) is 0. The zero-order chi connectivity index (χ0) is 18.0. The lowest BCUT2D eigenvalue weighted by molar-refractivity contribution is 0.296. The molecule has 0 amide bonds. The number of rotatable bonds is 4. The number of benzene rings is 1. The maximum absolute atomic E-state index is 13.0. The van der Waals surface area contributed by atoms with E-state index in [1.54, 1.807) is 18.2 Å². The Kier molecular flexibility index (Phi) is 4.41. The first-order valence-electron chi connectivity index (χ1n) is 7.76. The number of nitrogens with zero attached hydrogens (tertiary/aromatic N) is 3. The Balaban J connectivity index is 2.09. The smallest absolute Gasteiger partial charge is 0.240 e. The normalized spacial score (nSPS) is 10.4. The van der Waals surface area contributed by atoms with Crippen LogP contribution in [0.2, 0.25) is 0 Å². The van der Waals surface area contributed by atoms with Gasteiger partial charge in [0.05, 0.1) is 6.54 Å². The number of nitriles is 1. The first kappa shape index (κ1) is 16.5. The quantitative estimate of drug-likeness (QED) is 0.681. The van der Waals surface area contributed by atoms with Crippen LogP contribution < -0.4 is 4.74 Å². The van der Waals surface area contributed by atoms with E-state index in [-0.39, 0.29) is 18.1 Å². The van der Waals surface area contributed by atoms with Crippen molar-refractivity contribution in [2.75, 3.05) is 0 Å². The summed E-state index contributed by atoms with van der Waals surface area (Å²) < 4.78 is 20.9. The molecular weight excluding hydrogens is 317 g/mol. The van der Waals surface area contributed by atoms with Crippen molar-refractivity contribution in [2.24, 2.45) is 0 Å². The van der Waals surface area contributed by atoms with Gasteiger partial charge in [-0.1, -0.05) is 18.1 Å². The number of fused-ring (bicyclic) bond motifs is 1. The van der Waals surface area contributed by atoms with E-state index in [4.69, 9.17) is 11.2 Å². The topological polar surface area (TPSA) is 50.8 Å². The predicted molar refractivity (Wildman–Crippen MR) is 93.5 cm³/mol. The molecule has 25 heavy (non-hydrogen) atoms. The van der Waals surface area contributed by atoms with Crippen molar-refractivity contribution < 1.29 is 9.13 Å². The van der Waals surface area contributed by atoms with Crippen molar-refractivity contribution in [3.05, 3.63) is 58.7 Å². The largest absolute Gasteiger partial charge is 0.471 e. The van der Waals surface area contributed by atoms with Crippen LogP contribution >= 0.6 is 0 Å². The third kappa shape index (κ3) is 3.05. The van der Waals surface area contributed by atoms with E-state index in [1.807, 2.05) is 18.4 Å². The van der Waals surface area contributed by atoms with Crippen molar-refractivity contribution in [1.29, 1.82) is 5.26 Å². The van der Waals surface area contributed by atoms with E-state index in [2.05, 4.69) is 17.0 Å². The highest BCUT2D eigenvalue weighted by Gasteiger charge is 2.18. The predicted octanol–water partition coefficient (Wildman–Crippen LogP) is 3.88. The Labute approximate surface area is 145 Å². The van der Waals surface area contributed by atoms with E-state index >= 15 is 0 Å². The minimum absolute atomic E-state index is 0.219. The molecule has 0 saturated heterocycles. The molecule has 0 bridgehead atoms. The van der Waals surface area contributed by atoms with Crippen molar-refractivity contribution in [3.63, 3.8) is 0 Å². The van der Waals surface area contributed by atoms with Gasteiger partial charge in [0.15, 0.2) is 0 Å². The van der Waals surface area contributed by atoms with Crippen LogP contribution in [0.15, 0.2) is 30.3 Å². The highest BCUT2D eigenvalue weighted by molar-refractivity contribution is 5.90. The zero-order valence-corrected chi connectivity index (χ0v) is 14.0. The van der Waals surface area contributed by atoms with Crippen LogP contribution in [0.1, 0.15) is 22.5 Å². The Bertz CT molecular complexity index is 1020. The molecule has 2 heterocycles. The summed E-state index contributed by atoms with van der Waals surface area (Å²) in [5.74, 6) is 2.69. The molecule has 0 spiro atoms. The summed E-state index contributed by atoms with van der Waals surface area (Å²) in [6.07, 6.45) is 5.50. The molecule has 3 aromatic rings. The minimum Gasteiger partial charge on any atom is -0.471 e. The third-order valence-electron chi connectivity index (χ3n) is 4.24. The van der Waals surface area contributed by atoms with E-state index in [0.29, 0.717) is 12.4 Å². The van der Waals surface area contributed by atoms with Gasteiger partial charge in [0.1, 0.15) is 29.7 Å². The lowest BCUT2D eigenvalue weighted by Crippen LogP contribution is -2.04. The second-order valence-electron chi connectivity index (χ2n) is 5.74. The fourth-order valence-corrected chi connectivity index (χ4v) is 2.81. The maximum Gasteiger partial charge on any atom is 0.240 e. The van der Waals surface area contributed by atoms with Gasteiger partial charge in [0, 0.05) is 11.1 Å². The van der Waals surface area contributed by atoms with Crippen LogP contribution in [0.3, 0.4) is 0 Å². The van der Waals surface area contributed by atoms with E-state index < -0.39 is 0 Å². The maximum atomic E-state index is 13.0. The van der Waals surface area contributed by atoms with Gasteiger partial charge in [-0.15, -0.1) is 6.42 Å². The number of hydrogen-bond acceptors (Lipinski definition) is 3. The summed E-state index contributed by atoms with van der Waals surface area (Å²) in [6.45, 7) is 4.56.